The number of nitrogens with zero attached hydrogens (tertiary/aromatic N) is 3. The van der Waals surface area contributed by atoms with Crippen molar-refractivity contribution in [2.45, 2.75) is 29.8 Å². The Hall–Kier alpha value is -2.09. The predicted octanol–water partition coefficient (Wildman–Crippen LogP) is 1.29. The second-order valence-corrected chi connectivity index (χ2v) is 5.49. The molecule has 104 valence electrons. The Morgan fingerprint density at radius 3 is 2.90 bits per heavy atom. The van der Waals surface area contributed by atoms with Gasteiger partial charge in [0.05, 0.1) is 11.3 Å². The van der Waals surface area contributed by atoms with Crippen molar-refractivity contribution in [3.8, 4) is 0 Å². The smallest absolute Gasteiger partial charge is 0.344 e. The third-order valence-electron chi connectivity index (χ3n) is 3.00. The SMILES string of the molecule is O=C(O)c1ccc(CSc2n[nH]c(=O)n2C2CC2)nc1. The first-order chi connectivity index (χ1) is 9.65. The lowest BCUT2D eigenvalue weighted by Crippen LogP contribution is -2.16. The van der Waals surface area contributed by atoms with Gasteiger partial charge in [0.15, 0.2) is 5.16 Å². The zero-order valence-corrected chi connectivity index (χ0v) is 11.3. The van der Waals surface area contributed by atoms with E-state index >= 15 is 0 Å². The molecule has 0 spiro atoms. The maximum Gasteiger partial charge on any atom is 0.344 e. The highest BCUT2D eigenvalue weighted by Crippen LogP contribution is 2.36. The van der Waals surface area contributed by atoms with Gasteiger partial charge in [0.1, 0.15) is 0 Å². The van der Waals surface area contributed by atoms with Gasteiger partial charge in [-0.1, -0.05) is 11.8 Å². The van der Waals surface area contributed by atoms with Crippen LogP contribution in [0.3, 0.4) is 0 Å². The number of nitrogens with one attached hydrogen (secondary N) is 1. The van der Waals surface area contributed by atoms with Gasteiger partial charge in [0.25, 0.3) is 0 Å². The minimum Gasteiger partial charge on any atom is -0.478 e. The molecule has 0 atom stereocenters. The van der Waals surface area contributed by atoms with Crippen LogP contribution in [0.15, 0.2) is 28.3 Å². The van der Waals surface area contributed by atoms with Gasteiger partial charge in [0.2, 0.25) is 0 Å². The molecule has 1 saturated carbocycles. The first kappa shape index (κ1) is 12.9. The summed E-state index contributed by atoms with van der Waals surface area (Å²) in [6, 6.07) is 3.46. The highest BCUT2D eigenvalue weighted by Gasteiger charge is 2.28. The van der Waals surface area contributed by atoms with Crippen LogP contribution < -0.4 is 5.69 Å². The first-order valence-corrected chi connectivity index (χ1v) is 7.11. The van der Waals surface area contributed by atoms with Gasteiger partial charge in [-0.05, 0) is 25.0 Å². The van der Waals surface area contributed by atoms with Crippen LogP contribution in [0.1, 0.15) is 34.9 Å². The Morgan fingerprint density at radius 2 is 2.30 bits per heavy atom. The molecule has 0 amide bonds. The summed E-state index contributed by atoms with van der Waals surface area (Å²) in [6.07, 6.45) is 3.36. The van der Waals surface area contributed by atoms with Crippen molar-refractivity contribution in [2.24, 2.45) is 0 Å². The lowest BCUT2D eigenvalue weighted by Gasteiger charge is -2.03. The Balaban J connectivity index is 1.70. The number of carboxylic acids is 1. The van der Waals surface area contributed by atoms with Crippen LogP contribution in [-0.2, 0) is 5.75 Å². The van der Waals surface area contributed by atoms with Crippen LogP contribution in [-0.4, -0.2) is 30.8 Å². The number of H-pyrrole nitrogens is 1. The number of carboxylic acid groups (broad SMARTS) is 1. The average Bonchev–Trinajstić information content (AvgIpc) is 3.21. The van der Waals surface area contributed by atoms with Gasteiger partial charge in [-0.2, -0.15) is 0 Å². The molecule has 2 N–H and O–H groups in total. The van der Waals surface area contributed by atoms with Crippen molar-refractivity contribution in [2.75, 3.05) is 0 Å². The highest BCUT2D eigenvalue weighted by atomic mass is 32.2. The minimum absolute atomic E-state index is 0.161. The molecule has 0 saturated heterocycles. The maximum atomic E-state index is 11.6. The molecular formula is C12H12N4O3S. The van der Waals surface area contributed by atoms with Crippen molar-refractivity contribution in [1.29, 1.82) is 0 Å². The van der Waals surface area contributed by atoms with Gasteiger partial charge < -0.3 is 5.11 Å². The number of rotatable bonds is 5. The molecule has 2 aromatic rings. The van der Waals surface area contributed by atoms with E-state index in [0.717, 1.165) is 18.5 Å². The zero-order valence-electron chi connectivity index (χ0n) is 10.4. The molecule has 0 unspecified atom stereocenters. The summed E-state index contributed by atoms with van der Waals surface area (Å²) in [5.74, 6) is -0.455. The number of hydrogen-bond donors (Lipinski definition) is 2. The van der Waals surface area contributed by atoms with Gasteiger partial charge >= 0.3 is 11.7 Å². The van der Waals surface area contributed by atoms with Gasteiger partial charge in [0, 0.05) is 18.0 Å². The highest BCUT2D eigenvalue weighted by molar-refractivity contribution is 7.98. The molecule has 3 rings (SSSR count). The largest absolute Gasteiger partial charge is 0.478 e. The molecule has 1 fully saturated rings. The number of aromatic nitrogens is 4. The van der Waals surface area contributed by atoms with E-state index in [4.69, 9.17) is 5.11 Å². The normalized spacial score (nSPS) is 14.4. The minimum atomic E-state index is -0.994. The molecule has 0 radical (unpaired) electrons. The van der Waals surface area contributed by atoms with E-state index in [-0.39, 0.29) is 17.3 Å². The van der Waals surface area contributed by atoms with Gasteiger partial charge in [-0.15, -0.1) is 5.10 Å². The second-order valence-electron chi connectivity index (χ2n) is 4.54. The van der Waals surface area contributed by atoms with E-state index in [1.807, 2.05) is 0 Å². The number of aromatic carboxylic acids is 1. The number of thioether (sulfide) groups is 1. The Labute approximate surface area is 118 Å². The summed E-state index contributed by atoms with van der Waals surface area (Å²) in [6.45, 7) is 0. The summed E-state index contributed by atoms with van der Waals surface area (Å²) < 4.78 is 1.68. The van der Waals surface area contributed by atoms with E-state index in [1.54, 1.807) is 10.6 Å². The molecule has 1 aliphatic carbocycles. The third kappa shape index (κ3) is 2.60. The monoisotopic (exact) mass is 292 g/mol. The van der Waals surface area contributed by atoms with Gasteiger partial charge in [-0.25, -0.2) is 14.7 Å². The van der Waals surface area contributed by atoms with Gasteiger partial charge in [-0.3, -0.25) is 9.55 Å². The number of aromatic amines is 1. The van der Waals surface area contributed by atoms with Crippen molar-refractivity contribution in [3.63, 3.8) is 0 Å². The van der Waals surface area contributed by atoms with Crippen molar-refractivity contribution in [3.05, 3.63) is 40.1 Å². The fraction of sp³-hybridized carbons (Fsp3) is 0.333. The van der Waals surface area contributed by atoms with Crippen molar-refractivity contribution < 1.29 is 9.90 Å². The molecule has 7 nitrogen and oxygen atoms in total. The first-order valence-electron chi connectivity index (χ1n) is 6.13. The van der Waals surface area contributed by atoms with Crippen molar-refractivity contribution >= 4 is 17.7 Å². The number of carbonyl (C=O) groups is 1. The van der Waals surface area contributed by atoms with E-state index in [2.05, 4.69) is 15.2 Å². The van der Waals surface area contributed by atoms with Crippen LogP contribution in [0.25, 0.3) is 0 Å². The van der Waals surface area contributed by atoms with Crippen LogP contribution in [0.2, 0.25) is 0 Å². The van der Waals surface area contributed by atoms with E-state index in [1.165, 1.54) is 24.0 Å². The fourth-order valence-corrected chi connectivity index (χ4v) is 2.75. The average molecular weight is 292 g/mol. The maximum absolute atomic E-state index is 11.6. The number of hydrogen-bond acceptors (Lipinski definition) is 5. The molecule has 2 heterocycles. The Bertz CT molecular complexity index is 687. The quantitative estimate of drug-likeness (QED) is 0.805. The standard InChI is InChI=1S/C12H12N4O3S/c17-10(18)7-1-2-8(13-5-7)6-20-12-15-14-11(19)16(12)9-3-4-9/h1-2,5,9H,3-4,6H2,(H,14,19)(H,17,18). The molecule has 20 heavy (non-hydrogen) atoms. The number of pyridine rings is 1. The van der Waals surface area contributed by atoms with E-state index < -0.39 is 5.97 Å². The molecule has 8 heteroatoms. The molecule has 0 bridgehead atoms. The summed E-state index contributed by atoms with van der Waals surface area (Å²) in [7, 11) is 0. The zero-order chi connectivity index (χ0) is 14.1. The van der Waals surface area contributed by atoms with E-state index in [0.29, 0.717) is 10.9 Å². The van der Waals surface area contributed by atoms with Crippen LogP contribution in [0, 0.1) is 0 Å². The van der Waals surface area contributed by atoms with E-state index in [9.17, 15) is 9.59 Å². The van der Waals surface area contributed by atoms with Crippen molar-refractivity contribution in [1.82, 2.24) is 19.7 Å². The summed E-state index contributed by atoms with van der Waals surface area (Å²) in [4.78, 5) is 26.4. The summed E-state index contributed by atoms with van der Waals surface area (Å²) in [5, 5.41) is 15.9. The lowest BCUT2D eigenvalue weighted by molar-refractivity contribution is 0.0696. The molecule has 0 aliphatic heterocycles. The molecule has 0 aromatic carbocycles. The predicted molar refractivity (Wildman–Crippen MR) is 71.9 cm³/mol. The van der Waals surface area contributed by atoms with Crippen LogP contribution in [0.5, 0.6) is 0 Å². The second kappa shape index (κ2) is 5.12. The Morgan fingerprint density at radius 1 is 1.50 bits per heavy atom. The fourth-order valence-electron chi connectivity index (χ4n) is 1.82. The summed E-state index contributed by atoms with van der Waals surface area (Å²) >= 11 is 1.41. The third-order valence-corrected chi connectivity index (χ3v) is 3.99. The van der Waals surface area contributed by atoms with Crippen LogP contribution >= 0.6 is 11.8 Å². The molecule has 1 aliphatic rings. The topological polar surface area (TPSA) is 101 Å². The molecular weight excluding hydrogens is 280 g/mol. The Kier molecular flexibility index (Phi) is 3.31. The summed E-state index contributed by atoms with van der Waals surface area (Å²) in [5.41, 5.74) is 0.732. The lowest BCUT2D eigenvalue weighted by atomic mass is 10.2. The van der Waals surface area contributed by atoms with Crippen LogP contribution in [0.4, 0.5) is 0 Å². The molecule has 2 aromatic heterocycles.